The first-order valence-electron chi connectivity index (χ1n) is 6.99. The summed E-state index contributed by atoms with van der Waals surface area (Å²) in [5, 5.41) is 5.70. The van der Waals surface area contributed by atoms with Gasteiger partial charge in [-0.1, -0.05) is 40.2 Å². The molecule has 22 heavy (non-hydrogen) atoms. The van der Waals surface area contributed by atoms with Gasteiger partial charge in [-0.2, -0.15) is 0 Å². The average Bonchev–Trinajstić information content (AvgIpc) is 2.52. The van der Waals surface area contributed by atoms with Gasteiger partial charge in [-0.05, 0) is 36.2 Å². The first kappa shape index (κ1) is 16.4. The molecular weight excluding hydrogens is 344 g/mol. The third kappa shape index (κ3) is 4.49. The van der Waals surface area contributed by atoms with Crippen LogP contribution in [0, 0.1) is 6.92 Å². The zero-order valence-electron chi connectivity index (χ0n) is 12.7. The van der Waals surface area contributed by atoms with E-state index < -0.39 is 0 Å². The predicted octanol–water partition coefficient (Wildman–Crippen LogP) is 3.77. The lowest BCUT2D eigenvalue weighted by Crippen LogP contribution is -2.34. The molecule has 2 rings (SSSR count). The van der Waals surface area contributed by atoms with Crippen molar-refractivity contribution >= 4 is 22.0 Å². The maximum Gasteiger partial charge on any atom is 0.315 e. The van der Waals surface area contributed by atoms with E-state index in [1.165, 1.54) is 0 Å². The lowest BCUT2D eigenvalue weighted by Gasteiger charge is -2.12. The average molecular weight is 363 g/mol. The monoisotopic (exact) mass is 362 g/mol. The number of carbonyl (C=O) groups excluding carboxylic acids is 1. The van der Waals surface area contributed by atoms with Crippen LogP contribution in [0.25, 0.3) is 0 Å². The first-order valence-corrected chi connectivity index (χ1v) is 7.78. The molecule has 0 saturated carbocycles. The molecule has 0 fully saturated rings. The van der Waals surface area contributed by atoms with Crippen molar-refractivity contribution in [3.8, 4) is 5.75 Å². The van der Waals surface area contributed by atoms with Crippen LogP contribution < -0.4 is 15.4 Å². The zero-order chi connectivity index (χ0) is 15.9. The minimum Gasteiger partial charge on any atom is -0.496 e. The second-order valence-corrected chi connectivity index (χ2v) is 5.83. The van der Waals surface area contributed by atoms with Crippen LogP contribution >= 0.6 is 15.9 Å². The van der Waals surface area contributed by atoms with E-state index in [0.717, 1.165) is 26.9 Å². The molecule has 2 aromatic rings. The standard InChI is InChI=1S/C17H19BrN2O2/c1-12-5-3-4-6-13(12)10-19-17(21)20-11-14-9-15(18)7-8-16(14)22-2/h3-9H,10-11H2,1-2H3,(H2,19,20,21). The summed E-state index contributed by atoms with van der Waals surface area (Å²) in [4.78, 5) is 11.9. The number of rotatable bonds is 5. The quantitative estimate of drug-likeness (QED) is 0.850. The molecule has 0 aliphatic heterocycles. The highest BCUT2D eigenvalue weighted by molar-refractivity contribution is 9.10. The number of methoxy groups -OCH3 is 1. The number of amides is 2. The van der Waals surface area contributed by atoms with Gasteiger partial charge in [0.05, 0.1) is 7.11 Å². The molecule has 0 saturated heterocycles. The van der Waals surface area contributed by atoms with E-state index in [-0.39, 0.29) is 6.03 Å². The summed E-state index contributed by atoms with van der Waals surface area (Å²) in [5.74, 6) is 0.752. The van der Waals surface area contributed by atoms with Crippen molar-refractivity contribution in [1.29, 1.82) is 0 Å². The number of hydrogen-bond donors (Lipinski definition) is 2. The molecule has 2 amide bonds. The molecule has 5 heteroatoms. The van der Waals surface area contributed by atoms with E-state index in [4.69, 9.17) is 4.74 Å². The van der Waals surface area contributed by atoms with Gasteiger partial charge in [0.2, 0.25) is 0 Å². The number of carbonyl (C=O) groups is 1. The molecular formula is C17H19BrN2O2. The van der Waals surface area contributed by atoms with Gasteiger partial charge in [-0.25, -0.2) is 4.79 Å². The molecule has 0 aliphatic carbocycles. The van der Waals surface area contributed by atoms with Gasteiger partial charge in [0.1, 0.15) is 5.75 Å². The van der Waals surface area contributed by atoms with Crippen LogP contribution in [0.2, 0.25) is 0 Å². The molecule has 0 atom stereocenters. The first-order chi connectivity index (χ1) is 10.6. The maximum atomic E-state index is 11.9. The Hall–Kier alpha value is -2.01. The Labute approximate surface area is 139 Å². The van der Waals surface area contributed by atoms with Crippen LogP contribution in [0.5, 0.6) is 5.75 Å². The Morgan fingerprint density at radius 1 is 1.09 bits per heavy atom. The highest BCUT2D eigenvalue weighted by Crippen LogP contribution is 2.22. The van der Waals surface area contributed by atoms with Crippen molar-refractivity contribution in [3.63, 3.8) is 0 Å². The van der Waals surface area contributed by atoms with E-state index in [2.05, 4.69) is 26.6 Å². The van der Waals surface area contributed by atoms with Gasteiger partial charge in [-0.3, -0.25) is 0 Å². The minimum absolute atomic E-state index is 0.203. The summed E-state index contributed by atoms with van der Waals surface area (Å²) in [6.07, 6.45) is 0. The Morgan fingerprint density at radius 3 is 2.45 bits per heavy atom. The molecule has 0 radical (unpaired) electrons. The lowest BCUT2D eigenvalue weighted by atomic mass is 10.1. The van der Waals surface area contributed by atoms with Crippen molar-refractivity contribution in [2.45, 2.75) is 20.0 Å². The molecule has 4 nitrogen and oxygen atoms in total. The zero-order valence-corrected chi connectivity index (χ0v) is 14.2. The number of nitrogens with one attached hydrogen (secondary N) is 2. The normalized spacial score (nSPS) is 10.1. The van der Waals surface area contributed by atoms with Gasteiger partial charge >= 0.3 is 6.03 Å². The molecule has 0 aromatic heterocycles. The number of ether oxygens (including phenoxy) is 1. The predicted molar refractivity (Wildman–Crippen MR) is 90.9 cm³/mol. The molecule has 2 N–H and O–H groups in total. The molecule has 0 heterocycles. The van der Waals surface area contributed by atoms with Crippen LogP contribution in [-0.4, -0.2) is 13.1 Å². The summed E-state index contributed by atoms with van der Waals surface area (Å²) >= 11 is 3.42. The van der Waals surface area contributed by atoms with Gasteiger partial charge in [0.15, 0.2) is 0 Å². The van der Waals surface area contributed by atoms with Crippen LogP contribution in [0.1, 0.15) is 16.7 Å². The molecule has 2 aromatic carbocycles. The van der Waals surface area contributed by atoms with Crippen LogP contribution in [0.4, 0.5) is 4.79 Å². The fourth-order valence-electron chi connectivity index (χ4n) is 2.11. The third-order valence-electron chi connectivity index (χ3n) is 3.38. The summed E-state index contributed by atoms with van der Waals surface area (Å²) in [6.45, 7) is 2.94. The number of urea groups is 1. The molecule has 0 spiro atoms. The Bertz CT molecular complexity index is 659. The van der Waals surface area contributed by atoms with E-state index in [1.54, 1.807) is 7.11 Å². The topological polar surface area (TPSA) is 50.4 Å². The van der Waals surface area contributed by atoms with Gasteiger partial charge in [0, 0.05) is 23.1 Å². The van der Waals surface area contributed by atoms with Crippen LogP contribution in [0.15, 0.2) is 46.9 Å². The minimum atomic E-state index is -0.203. The summed E-state index contributed by atoms with van der Waals surface area (Å²) in [6, 6.07) is 13.5. The number of aryl methyl sites for hydroxylation is 1. The largest absolute Gasteiger partial charge is 0.496 e. The summed E-state index contributed by atoms with van der Waals surface area (Å²) in [5.41, 5.74) is 3.19. The molecule has 0 unspecified atom stereocenters. The van der Waals surface area contributed by atoms with Gasteiger partial charge < -0.3 is 15.4 Å². The highest BCUT2D eigenvalue weighted by atomic mass is 79.9. The number of halogens is 1. The molecule has 116 valence electrons. The van der Waals surface area contributed by atoms with E-state index in [1.807, 2.05) is 49.4 Å². The van der Waals surface area contributed by atoms with Crippen molar-refractivity contribution in [1.82, 2.24) is 10.6 Å². The maximum absolute atomic E-state index is 11.9. The SMILES string of the molecule is COc1ccc(Br)cc1CNC(=O)NCc1ccccc1C. The van der Waals surface area contributed by atoms with E-state index in [0.29, 0.717) is 13.1 Å². The van der Waals surface area contributed by atoms with Gasteiger partial charge in [-0.15, -0.1) is 0 Å². The second-order valence-electron chi connectivity index (χ2n) is 4.92. The molecule has 0 bridgehead atoms. The van der Waals surface area contributed by atoms with Crippen LogP contribution in [0.3, 0.4) is 0 Å². The Kier molecular flexibility index (Phi) is 5.83. The smallest absolute Gasteiger partial charge is 0.315 e. The number of hydrogen-bond acceptors (Lipinski definition) is 2. The number of benzene rings is 2. The third-order valence-corrected chi connectivity index (χ3v) is 3.88. The summed E-state index contributed by atoms with van der Waals surface area (Å²) in [7, 11) is 1.62. The van der Waals surface area contributed by atoms with Gasteiger partial charge in [0.25, 0.3) is 0 Å². The Balaban J connectivity index is 1.88. The van der Waals surface area contributed by atoms with Crippen molar-refractivity contribution in [2.24, 2.45) is 0 Å². The second kappa shape index (κ2) is 7.84. The van der Waals surface area contributed by atoms with Crippen molar-refractivity contribution in [3.05, 3.63) is 63.6 Å². The van der Waals surface area contributed by atoms with E-state index >= 15 is 0 Å². The fraction of sp³-hybridized carbons (Fsp3) is 0.235. The highest BCUT2D eigenvalue weighted by Gasteiger charge is 2.06. The Morgan fingerprint density at radius 2 is 1.77 bits per heavy atom. The van der Waals surface area contributed by atoms with Crippen molar-refractivity contribution < 1.29 is 9.53 Å². The lowest BCUT2D eigenvalue weighted by molar-refractivity contribution is 0.240. The van der Waals surface area contributed by atoms with Crippen molar-refractivity contribution in [2.75, 3.05) is 7.11 Å². The van der Waals surface area contributed by atoms with E-state index in [9.17, 15) is 4.79 Å². The fourth-order valence-corrected chi connectivity index (χ4v) is 2.52. The van der Waals surface area contributed by atoms with Crippen LogP contribution in [-0.2, 0) is 13.1 Å². The molecule has 0 aliphatic rings. The summed E-state index contributed by atoms with van der Waals surface area (Å²) < 4.78 is 6.23.